The maximum absolute atomic E-state index is 11.4. The van der Waals surface area contributed by atoms with E-state index in [9.17, 15) is 9.59 Å². The summed E-state index contributed by atoms with van der Waals surface area (Å²) >= 11 is 1.59. The van der Waals surface area contributed by atoms with Crippen molar-refractivity contribution in [2.24, 2.45) is 5.92 Å². The fraction of sp³-hybridized carbons (Fsp3) is 0.800. The molecule has 1 atom stereocenters. The Morgan fingerprint density at radius 1 is 1.53 bits per heavy atom. The van der Waals surface area contributed by atoms with Crippen molar-refractivity contribution in [1.29, 1.82) is 0 Å². The van der Waals surface area contributed by atoms with Gasteiger partial charge in [0.05, 0.1) is 0 Å². The van der Waals surface area contributed by atoms with E-state index in [1.165, 1.54) is 0 Å². The first-order valence-electron chi connectivity index (χ1n) is 5.14. The van der Waals surface area contributed by atoms with Gasteiger partial charge in [-0.3, -0.25) is 4.79 Å². The number of aliphatic carboxylic acids is 1. The fourth-order valence-corrected chi connectivity index (χ4v) is 1.80. The molecule has 0 aromatic carbocycles. The van der Waals surface area contributed by atoms with Gasteiger partial charge in [-0.2, -0.15) is 11.8 Å². The van der Waals surface area contributed by atoms with E-state index in [2.05, 4.69) is 5.32 Å². The lowest BCUT2D eigenvalue weighted by Crippen LogP contribution is -2.41. The summed E-state index contributed by atoms with van der Waals surface area (Å²) in [6.07, 6.45) is 5.12. The van der Waals surface area contributed by atoms with Crippen LogP contribution >= 0.6 is 11.8 Å². The maximum Gasteiger partial charge on any atom is 0.326 e. The third-order valence-corrected chi connectivity index (χ3v) is 3.06. The summed E-state index contributed by atoms with van der Waals surface area (Å²) in [6.45, 7) is 0. The lowest BCUT2D eigenvalue weighted by Gasteiger charge is -2.13. The highest BCUT2D eigenvalue weighted by atomic mass is 32.2. The molecule has 1 saturated carbocycles. The second-order valence-corrected chi connectivity index (χ2v) is 4.87. The molecular weight excluding hydrogens is 214 g/mol. The van der Waals surface area contributed by atoms with Crippen molar-refractivity contribution in [3.63, 3.8) is 0 Å². The van der Waals surface area contributed by atoms with Gasteiger partial charge in [0.25, 0.3) is 0 Å². The van der Waals surface area contributed by atoms with Crippen LogP contribution in [-0.2, 0) is 9.59 Å². The van der Waals surface area contributed by atoms with Crippen LogP contribution in [-0.4, -0.2) is 35.0 Å². The summed E-state index contributed by atoms with van der Waals surface area (Å²) in [4.78, 5) is 22.2. The molecule has 1 rings (SSSR count). The van der Waals surface area contributed by atoms with Crippen molar-refractivity contribution < 1.29 is 14.7 Å². The first kappa shape index (κ1) is 12.4. The number of hydrogen-bond acceptors (Lipinski definition) is 3. The summed E-state index contributed by atoms with van der Waals surface area (Å²) in [5.41, 5.74) is 0. The average Bonchev–Trinajstić information content (AvgIpc) is 2.95. The zero-order valence-corrected chi connectivity index (χ0v) is 9.68. The molecule has 0 aromatic heterocycles. The monoisotopic (exact) mass is 231 g/mol. The number of carbonyl (C=O) groups excluding carboxylic acids is 1. The molecule has 15 heavy (non-hydrogen) atoms. The molecule has 0 aliphatic heterocycles. The van der Waals surface area contributed by atoms with Gasteiger partial charge in [0.15, 0.2) is 0 Å². The number of carboxylic acids is 1. The Morgan fingerprint density at radius 2 is 2.20 bits per heavy atom. The average molecular weight is 231 g/mol. The molecular formula is C10H17NO3S. The van der Waals surface area contributed by atoms with Crippen molar-refractivity contribution in [2.45, 2.75) is 31.7 Å². The van der Waals surface area contributed by atoms with Crippen LogP contribution in [0.2, 0.25) is 0 Å². The molecule has 0 bridgehead atoms. The predicted molar refractivity (Wildman–Crippen MR) is 59.9 cm³/mol. The molecule has 0 heterocycles. The fourth-order valence-electron chi connectivity index (χ4n) is 1.33. The smallest absolute Gasteiger partial charge is 0.326 e. The van der Waals surface area contributed by atoms with E-state index in [0.717, 1.165) is 18.6 Å². The molecule has 1 aliphatic carbocycles. The number of hydrogen-bond donors (Lipinski definition) is 2. The summed E-state index contributed by atoms with van der Waals surface area (Å²) in [5.74, 6) is 0.194. The SMILES string of the molecule is CSCC[C@H](NC(=O)CC1CC1)C(=O)O. The Morgan fingerprint density at radius 3 is 2.67 bits per heavy atom. The van der Waals surface area contributed by atoms with E-state index in [4.69, 9.17) is 5.11 Å². The van der Waals surface area contributed by atoms with Crippen LogP contribution in [0.4, 0.5) is 0 Å². The molecule has 0 aromatic rings. The standard InChI is InChI=1S/C10H17NO3S/c1-15-5-4-8(10(13)14)11-9(12)6-7-2-3-7/h7-8H,2-6H2,1H3,(H,11,12)(H,13,14)/t8-/m0/s1. The molecule has 2 N–H and O–H groups in total. The minimum Gasteiger partial charge on any atom is -0.480 e. The zero-order chi connectivity index (χ0) is 11.3. The molecule has 0 saturated heterocycles. The van der Waals surface area contributed by atoms with Crippen LogP contribution in [0.5, 0.6) is 0 Å². The van der Waals surface area contributed by atoms with E-state index in [-0.39, 0.29) is 5.91 Å². The Bertz CT molecular complexity index is 241. The van der Waals surface area contributed by atoms with E-state index in [1.54, 1.807) is 11.8 Å². The van der Waals surface area contributed by atoms with E-state index >= 15 is 0 Å². The predicted octanol–water partition coefficient (Wildman–Crippen LogP) is 1.11. The van der Waals surface area contributed by atoms with Crippen molar-refractivity contribution in [3.05, 3.63) is 0 Å². The molecule has 1 amide bonds. The van der Waals surface area contributed by atoms with Crippen LogP contribution in [0.25, 0.3) is 0 Å². The highest BCUT2D eigenvalue weighted by Crippen LogP contribution is 2.32. The van der Waals surface area contributed by atoms with Crippen LogP contribution in [0.1, 0.15) is 25.7 Å². The molecule has 86 valence electrons. The van der Waals surface area contributed by atoms with Crippen molar-refractivity contribution in [2.75, 3.05) is 12.0 Å². The van der Waals surface area contributed by atoms with Gasteiger partial charge in [-0.15, -0.1) is 0 Å². The molecule has 0 spiro atoms. The molecule has 1 aliphatic rings. The second-order valence-electron chi connectivity index (χ2n) is 3.89. The quantitative estimate of drug-likeness (QED) is 0.689. The van der Waals surface area contributed by atoms with Crippen LogP contribution < -0.4 is 5.32 Å². The normalized spacial score (nSPS) is 17.1. The number of nitrogens with one attached hydrogen (secondary N) is 1. The van der Waals surface area contributed by atoms with Crippen molar-refractivity contribution in [1.82, 2.24) is 5.32 Å². The second kappa shape index (κ2) is 6.00. The summed E-state index contributed by atoms with van der Waals surface area (Å²) in [6, 6.07) is -0.719. The number of thioether (sulfide) groups is 1. The molecule has 0 unspecified atom stereocenters. The zero-order valence-electron chi connectivity index (χ0n) is 8.86. The van der Waals surface area contributed by atoms with E-state index in [0.29, 0.717) is 18.8 Å². The Balaban J connectivity index is 2.28. The van der Waals surface area contributed by atoms with Crippen LogP contribution in [0.15, 0.2) is 0 Å². The summed E-state index contributed by atoms with van der Waals surface area (Å²) < 4.78 is 0. The van der Waals surface area contributed by atoms with Gasteiger partial charge >= 0.3 is 5.97 Å². The summed E-state index contributed by atoms with van der Waals surface area (Å²) in [7, 11) is 0. The third-order valence-electron chi connectivity index (χ3n) is 2.41. The highest BCUT2D eigenvalue weighted by molar-refractivity contribution is 7.98. The minimum absolute atomic E-state index is 0.119. The molecule has 5 heteroatoms. The molecule has 4 nitrogen and oxygen atoms in total. The third kappa shape index (κ3) is 5.06. The van der Waals surface area contributed by atoms with Gasteiger partial charge in [0, 0.05) is 6.42 Å². The van der Waals surface area contributed by atoms with Gasteiger partial charge < -0.3 is 10.4 Å². The van der Waals surface area contributed by atoms with Crippen molar-refractivity contribution >= 4 is 23.6 Å². The lowest BCUT2D eigenvalue weighted by atomic mass is 10.2. The van der Waals surface area contributed by atoms with E-state index in [1.807, 2.05) is 6.26 Å². The molecule has 0 radical (unpaired) electrons. The highest BCUT2D eigenvalue weighted by Gasteiger charge is 2.26. The maximum atomic E-state index is 11.4. The van der Waals surface area contributed by atoms with Crippen LogP contribution in [0.3, 0.4) is 0 Å². The first-order chi connectivity index (χ1) is 7.13. The van der Waals surface area contributed by atoms with Crippen LogP contribution in [0, 0.1) is 5.92 Å². The van der Waals surface area contributed by atoms with Gasteiger partial charge in [-0.1, -0.05) is 0 Å². The van der Waals surface area contributed by atoms with Gasteiger partial charge in [0.2, 0.25) is 5.91 Å². The number of rotatable bonds is 7. The van der Waals surface area contributed by atoms with Gasteiger partial charge in [0.1, 0.15) is 6.04 Å². The first-order valence-corrected chi connectivity index (χ1v) is 6.54. The molecule has 1 fully saturated rings. The Labute approximate surface area is 93.8 Å². The topological polar surface area (TPSA) is 66.4 Å². The van der Waals surface area contributed by atoms with E-state index < -0.39 is 12.0 Å². The summed E-state index contributed by atoms with van der Waals surface area (Å²) in [5, 5.41) is 11.4. The van der Waals surface area contributed by atoms with Crippen molar-refractivity contribution in [3.8, 4) is 0 Å². The van der Waals surface area contributed by atoms with Gasteiger partial charge in [-0.05, 0) is 37.2 Å². The Kier molecular flexibility index (Phi) is 4.94. The number of carbonyl (C=O) groups is 2. The largest absolute Gasteiger partial charge is 0.480 e. The Hall–Kier alpha value is -0.710. The minimum atomic E-state index is -0.937. The number of amides is 1. The lowest BCUT2D eigenvalue weighted by molar-refractivity contribution is -0.141. The van der Waals surface area contributed by atoms with Gasteiger partial charge in [-0.25, -0.2) is 4.79 Å². The number of carboxylic acid groups (broad SMARTS) is 1.